The summed E-state index contributed by atoms with van der Waals surface area (Å²) in [4.78, 5) is 39.9. The van der Waals surface area contributed by atoms with E-state index in [-0.39, 0.29) is 28.1 Å². The zero-order chi connectivity index (χ0) is 23.7. The molecule has 0 amide bonds. The van der Waals surface area contributed by atoms with Crippen LogP contribution in [0.2, 0.25) is 0 Å². The van der Waals surface area contributed by atoms with Crippen molar-refractivity contribution in [1.82, 2.24) is 14.8 Å². The molecule has 4 rings (SSSR count). The van der Waals surface area contributed by atoms with Crippen LogP contribution in [0.25, 0.3) is 16.8 Å². The number of hydrogen-bond donors (Lipinski definition) is 3. The van der Waals surface area contributed by atoms with Crippen molar-refractivity contribution in [3.8, 4) is 16.8 Å². The van der Waals surface area contributed by atoms with Crippen LogP contribution in [0.1, 0.15) is 27.2 Å². The highest BCUT2D eigenvalue weighted by Gasteiger charge is 2.14. The Labute approximate surface area is 188 Å². The first-order chi connectivity index (χ1) is 15.8. The van der Waals surface area contributed by atoms with E-state index >= 15 is 0 Å². The van der Waals surface area contributed by atoms with Crippen molar-refractivity contribution < 1.29 is 9.90 Å². The number of carbonyl (C=O) groups is 1. The van der Waals surface area contributed by atoms with Crippen molar-refractivity contribution in [3.63, 3.8) is 0 Å². The Morgan fingerprint density at radius 1 is 0.970 bits per heavy atom. The first kappa shape index (κ1) is 21.7. The number of aryl methyl sites for hydroxylation is 3. The monoisotopic (exact) mass is 443 g/mol. The third-order valence-electron chi connectivity index (χ3n) is 5.39. The number of hydrogen-bond acceptors (Lipinski definition) is 5. The molecule has 0 bridgehead atoms. The van der Waals surface area contributed by atoms with Crippen LogP contribution in [-0.2, 0) is 0 Å². The second-order valence-electron chi connectivity index (χ2n) is 7.66. The van der Waals surface area contributed by atoms with Crippen LogP contribution in [0.3, 0.4) is 0 Å². The molecule has 9 heteroatoms. The minimum absolute atomic E-state index is 0.00837. The molecule has 33 heavy (non-hydrogen) atoms. The Hall–Kier alpha value is -4.53. The molecule has 2 heterocycles. The number of benzene rings is 2. The van der Waals surface area contributed by atoms with Crippen LogP contribution in [0.5, 0.6) is 0 Å². The van der Waals surface area contributed by atoms with E-state index in [0.717, 1.165) is 11.1 Å². The molecule has 0 saturated carbocycles. The van der Waals surface area contributed by atoms with Crippen molar-refractivity contribution in [2.75, 3.05) is 0 Å². The number of H-pyrrole nitrogens is 2. The lowest BCUT2D eigenvalue weighted by atomic mass is 10.0. The molecule has 9 nitrogen and oxygen atoms in total. The van der Waals surface area contributed by atoms with E-state index in [2.05, 4.69) is 20.3 Å². The molecule has 0 aliphatic heterocycles. The van der Waals surface area contributed by atoms with Crippen LogP contribution >= 0.6 is 0 Å². The molecule has 166 valence electrons. The van der Waals surface area contributed by atoms with Crippen molar-refractivity contribution in [2.45, 2.75) is 20.8 Å². The number of nitrogens with one attached hydrogen (secondary N) is 2. The normalized spacial score (nSPS) is 11.2. The van der Waals surface area contributed by atoms with E-state index in [1.54, 1.807) is 19.1 Å². The molecular weight excluding hydrogens is 422 g/mol. The van der Waals surface area contributed by atoms with Gasteiger partial charge in [-0.05, 0) is 61.7 Å². The van der Waals surface area contributed by atoms with Gasteiger partial charge in [-0.1, -0.05) is 18.2 Å². The molecule has 3 N–H and O–H groups in total. The molecule has 0 atom stereocenters. The minimum atomic E-state index is -1.09. The summed E-state index contributed by atoms with van der Waals surface area (Å²) >= 11 is 0. The van der Waals surface area contributed by atoms with Gasteiger partial charge < -0.3 is 10.1 Å². The number of aromatic nitrogens is 3. The van der Waals surface area contributed by atoms with Crippen molar-refractivity contribution in [2.24, 2.45) is 10.2 Å². The van der Waals surface area contributed by atoms with Crippen molar-refractivity contribution >= 4 is 17.3 Å². The maximum absolute atomic E-state index is 12.9. The van der Waals surface area contributed by atoms with Gasteiger partial charge in [0.15, 0.2) is 5.69 Å². The average Bonchev–Trinajstić information content (AvgIpc) is 3.08. The predicted molar refractivity (Wildman–Crippen MR) is 124 cm³/mol. The molecule has 0 fully saturated rings. The Morgan fingerprint density at radius 3 is 2.48 bits per heavy atom. The van der Waals surface area contributed by atoms with Gasteiger partial charge in [-0.2, -0.15) is 0 Å². The summed E-state index contributed by atoms with van der Waals surface area (Å²) in [6.07, 6.45) is 2.84. The number of aromatic carboxylic acids is 1. The van der Waals surface area contributed by atoms with Crippen LogP contribution < -0.4 is 11.0 Å². The van der Waals surface area contributed by atoms with Crippen LogP contribution in [0.15, 0.2) is 74.7 Å². The maximum Gasteiger partial charge on any atom is 0.335 e. The van der Waals surface area contributed by atoms with Gasteiger partial charge in [0.05, 0.1) is 16.9 Å². The molecule has 0 unspecified atom stereocenters. The number of carboxylic acid groups (broad SMARTS) is 1. The number of rotatable bonds is 5. The summed E-state index contributed by atoms with van der Waals surface area (Å²) in [5.41, 5.74) is 3.33. The van der Waals surface area contributed by atoms with Crippen molar-refractivity contribution in [3.05, 3.63) is 97.8 Å². The summed E-state index contributed by atoms with van der Waals surface area (Å²) in [5.74, 6) is -1.09. The number of azo groups is 1. The van der Waals surface area contributed by atoms with Crippen LogP contribution in [-0.4, -0.2) is 25.8 Å². The van der Waals surface area contributed by atoms with E-state index in [0.29, 0.717) is 16.9 Å². The third-order valence-corrected chi connectivity index (χ3v) is 5.39. The topological polar surface area (TPSA) is 133 Å². The second kappa shape index (κ2) is 8.54. The lowest BCUT2D eigenvalue weighted by Gasteiger charge is -2.05. The molecule has 4 aromatic rings. The van der Waals surface area contributed by atoms with E-state index in [1.807, 2.05) is 32.0 Å². The maximum atomic E-state index is 12.9. The molecule has 2 aromatic heterocycles. The summed E-state index contributed by atoms with van der Waals surface area (Å²) in [5, 5.41) is 20.3. The molecule has 2 aromatic carbocycles. The standard InChI is InChI=1S/C24H21N5O4/c1-13-7-8-18(9-14(13)2)29-23(31)21(15(3)28-29)27-26-20-12-25-11-19(22(20)30)16-5-4-6-17(10-16)24(32)33/h4-12,28H,1-3H3,(H,25,30)(H,32,33). The van der Waals surface area contributed by atoms with E-state index < -0.39 is 11.4 Å². The predicted octanol–water partition coefficient (Wildman–Crippen LogP) is 4.56. The summed E-state index contributed by atoms with van der Waals surface area (Å²) in [6, 6.07) is 11.7. The third kappa shape index (κ3) is 4.16. The van der Waals surface area contributed by atoms with Gasteiger partial charge in [-0.3, -0.25) is 14.7 Å². The summed E-state index contributed by atoms with van der Waals surface area (Å²) in [7, 11) is 0. The Kier molecular flexibility index (Phi) is 5.61. The molecule has 0 aliphatic rings. The zero-order valence-electron chi connectivity index (χ0n) is 18.2. The summed E-state index contributed by atoms with van der Waals surface area (Å²) in [6.45, 7) is 5.65. The van der Waals surface area contributed by atoms with Crippen LogP contribution in [0.4, 0.5) is 11.4 Å². The van der Waals surface area contributed by atoms with Gasteiger partial charge in [0.25, 0.3) is 5.56 Å². The number of nitrogens with zero attached hydrogens (tertiary/aromatic N) is 3. The van der Waals surface area contributed by atoms with E-state index in [4.69, 9.17) is 0 Å². The van der Waals surface area contributed by atoms with Gasteiger partial charge in [-0.25, -0.2) is 9.48 Å². The lowest BCUT2D eigenvalue weighted by Crippen LogP contribution is -2.14. The molecule has 0 radical (unpaired) electrons. The number of carboxylic acids is 1. The average molecular weight is 443 g/mol. The molecular formula is C24H21N5O4. The SMILES string of the molecule is Cc1ccc(-n2[nH]c(C)c(N=Nc3c[nH]cc(-c4cccc(C(=O)O)c4)c3=O)c2=O)cc1C. The largest absolute Gasteiger partial charge is 0.478 e. The first-order valence-electron chi connectivity index (χ1n) is 10.1. The highest BCUT2D eigenvalue weighted by atomic mass is 16.4. The fourth-order valence-electron chi connectivity index (χ4n) is 3.39. The quantitative estimate of drug-likeness (QED) is 0.390. The second-order valence-corrected chi connectivity index (χ2v) is 7.66. The Balaban J connectivity index is 1.72. The molecule has 0 spiro atoms. The van der Waals surface area contributed by atoms with E-state index in [9.17, 15) is 19.5 Å². The first-order valence-corrected chi connectivity index (χ1v) is 10.1. The minimum Gasteiger partial charge on any atom is -0.478 e. The van der Waals surface area contributed by atoms with Gasteiger partial charge in [-0.15, -0.1) is 10.2 Å². The highest BCUT2D eigenvalue weighted by molar-refractivity contribution is 5.89. The lowest BCUT2D eigenvalue weighted by molar-refractivity contribution is 0.0697. The smallest absolute Gasteiger partial charge is 0.335 e. The fourth-order valence-corrected chi connectivity index (χ4v) is 3.39. The Bertz CT molecular complexity index is 1520. The number of aromatic amines is 2. The van der Waals surface area contributed by atoms with E-state index in [1.165, 1.54) is 29.2 Å². The number of pyridine rings is 1. The van der Waals surface area contributed by atoms with Gasteiger partial charge in [0, 0.05) is 18.0 Å². The van der Waals surface area contributed by atoms with Gasteiger partial charge in [0.1, 0.15) is 5.69 Å². The zero-order valence-corrected chi connectivity index (χ0v) is 18.2. The highest BCUT2D eigenvalue weighted by Crippen LogP contribution is 2.21. The van der Waals surface area contributed by atoms with Crippen molar-refractivity contribution in [1.29, 1.82) is 0 Å². The van der Waals surface area contributed by atoms with Gasteiger partial charge in [0.2, 0.25) is 5.43 Å². The fraction of sp³-hybridized carbons (Fsp3) is 0.125. The molecule has 0 aliphatic carbocycles. The molecule has 0 saturated heterocycles. The van der Waals surface area contributed by atoms with Crippen LogP contribution in [0, 0.1) is 20.8 Å². The summed E-state index contributed by atoms with van der Waals surface area (Å²) < 4.78 is 1.38. The van der Waals surface area contributed by atoms with Gasteiger partial charge >= 0.3 is 5.97 Å². The Morgan fingerprint density at radius 2 is 1.76 bits per heavy atom.